The van der Waals surface area contributed by atoms with Crippen LogP contribution in [0.2, 0.25) is 0 Å². The van der Waals surface area contributed by atoms with Crippen LogP contribution in [0, 0.1) is 11.8 Å². The van der Waals surface area contributed by atoms with E-state index in [1.54, 1.807) is 0 Å². The summed E-state index contributed by atoms with van der Waals surface area (Å²) >= 11 is 0. The SMILES string of the molecule is CCCCC(CC)CN(c1ccncc1)N1CCC(C)CC1. The molecular weight excluding hydrogens is 270 g/mol. The smallest absolute Gasteiger partial charge is 0.0552 e. The van der Waals surface area contributed by atoms with Crippen molar-refractivity contribution >= 4 is 5.69 Å². The molecule has 3 heteroatoms. The lowest BCUT2D eigenvalue weighted by molar-refractivity contribution is 0.165. The summed E-state index contributed by atoms with van der Waals surface area (Å²) in [5.41, 5.74) is 1.31. The molecule has 1 unspecified atom stereocenters. The normalized spacial score (nSPS) is 18.3. The van der Waals surface area contributed by atoms with E-state index in [4.69, 9.17) is 0 Å². The molecule has 1 aliphatic heterocycles. The molecule has 1 aromatic heterocycles. The molecule has 0 amide bonds. The summed E-state index contributed by atoms with van der Waals surface area (Å²) in [6, 6.07) is 4.31. The van der Waals surface area contributed by atoms with Crippen LogP contribution in [0.3, 0.4) is 0 Å². The molecule has 0 bridgehead atoms. The highest BCUT2D eigenvalue weighted by atomic mass is 15.6. The van der Waals surface area contributed by atoms with Gasteiger partial charge < -0.3 is 5.01 Å². The van der Waals surface area contributed by atoms with Crippen LogP contribution >= 0.6 is 0 Å². The molecule has 1 aromatic rings. The van der Waals surface area contributed by atoms with Gasteiger partial charge in [-0.05, 0) is 43.2 Å². The lowest BCUT2D eigenvalue weighted by atomic mass is 9.98. The van der Waals surface area contributed by atoms with Crippen molar-refractivity contribution in [1.29, 1.82) is 0 Å². The minimum atomic E-state index is 0.785. The second-order valence-corrected chi connectivity index (χ2v) is 6.84. The van der Waals surface area contributed by atoms with Gasteiger partial charge in [0.2, 0.25) is 0 Å². The van der Waals surface area contributed by atoms with Crippen LogP contribution in [0.25, 0.3) is 0 Å². The molecule has 22 heavy (non-hydrogen) atoms. The summed E-state index contributed by atoms with van der Waals surface area (Å²) in [4.78, 5) is 4.19. The highest BCUT2D eigenvalue weighted by molar-refractivity contribution is 5.43. The molecule has 1 saturated heterocycles. The van der Waals surface area contributed by atoms with E-state index in [0.29, 0.717) is 0 Å². The number of aromatic nitrogens is 1. The van der Waals surface area contributed by atoms with Gasteiger partial charge in [0, 0.05) is 32.0 Å². The fourth-order valence-electron chi connectivity index (χ4n) is 3.30. The number of rotatable bonds is 8. The first-order valence-corrected chi connectivity index (χ1v) is 9.17. The monoisotopic (exact) mass is 303 g/mol. The number of pyridine rings is 1. The molecule has 0 spiro atoms. The lowest BCUT2D eigenvalue weighted by Crippen LogP contribution is -2.49. The van der Waals surface area contributed by atoms with E-state index < -0.39 is 0 Å². The third kappa shape index (κ3) is 4.98. The number of hydrogen-bond donors (Lipinski definition) is 0. The summed E-state index contributed by atoms with van der Waals surface area (Å²) in [5, 5.41) is 5.11. The Labute approximate surface area is 136 Å². The molecule has 2 rings (SSSR count). The van der Waals surface area contributed by atoms with Crippen LogP contribution in [0.5, 0.6) is 0 Å². The van der Waals surface area contributed by atoms with Gasteiger partial charge in [0.25, 0.3) is 0 Å². The molecular formula is C19H33N3. The molecule has 0 saturated carbocycles. The van der Waals surface area contributed by atoms with E-state index in [1.807, 2.05) is 12.4 Å². The topological polar surface area (TPSA) is 19.4 Å². The summed E-state index contributed by atoms with van der Waals surface area (Å²) < 4.78 is 0. The van der Waals surface area contributed by atoms with Crippen LogP contribution in [0.15, 0.2) is 24.5 Å². The number of hydrazine groups is 1. The van der Waals surface area contributed by atoms with Crippen molar-refractivity contribution in [1.82, 2.24) is 9.99 Å². The lowest BCUT2D eigenvalue weighted by Gasteiger charge is -2.42. The Morgan fingerprint density at radius 3 is 2.50 bits per heavy atom. The Balaban J connectivity index is 2.07. The van der Waals surface area contributed by atoms with E-state index in [1.165, 1.54) is 57.3 Å². The second-order valence-electron chi connectivity index (χ2n) is 6.84. The maximum Gasteiger partial charge on any atom is 0.0552 e. The molecule has 1 atom stereocenters. The van der Waals surface area contributed by atoms with Gasteiger partial charge in [0.15, 0.2) is 0 Å². The van der Waals surface area contributed by atoms with Crippen LogP contribution in [0.4, 0.5) is 5.69 Å². The van der Waals surface area contributed by atoms with Crippen LogP contribution in [-0.2, 0) is 0 Å². The quantitative estimate of drug-likeness (QED) is 0.691. The molecule has 2 heterocycles. The molecule has 0 aliphatic carbocycles. The van der Waals surface area contributed by atoms with Crippen LogP contribution in [-0.4, -0.2) is 29.6 Å². The van der Waals surface area contributed by atoms with Gasteiger partial charge in [-0.3, -0.25) is 4.98 Å². The Bertz CT molecular complexity index is 398. The van der Waals surface area contributed by atoms with Gasteiger partial charge >= 0.3 is 0 Å². The number of piperidine rings is 1. The molecule has 0 N–H and O–H groups in total. The van der Waals surface area contributed by atoms with Crippen molar-refractivity contribution in [2.24, 2.45) is 11.8 Å². The fourth-order valence-corrected chi connectivity index (χ4v) is 3.30. The van der Waals surface area contributed by atoms with Crippen molar-refractivity contribution in [3.8, 4) is 0 Å². The Kier molecular flexibility index (Phi) is 7.17. The largest absolute Gasteiger partial charge is 0.305 e. The van der Waals surface area contributed by atoms with Crippen molar-refractivity contribution in [3.05, 3.63) is 24.5 Å². The highest BCUT2D eigenvalue weighted by Gasteiger charge is 2.23. The first-order valence-electron chi connectivity index (χ1n) is 9.17. The number of unbranched alkanes of at least 4 members (excludes halogenated alkanes) is 1. The Morgan fingerprint density at radius 2 is 1.91 bits per heavy atom. The number of hydrogen-bond acceptors (Lipinski definition) is 3. The van der Waals surface area contributed by atoms with E-state index in [-0.39, 0.29) is 0 Å². The Hall–Kier alpha value is -1.09. The second kappa shape index (κ2) is 9.14. The minimum absolute atomic E-state index is 0.785. The summed E-state index contributed by atoms with van der Waals surface area (Å²) in [5.74, 6) is 1.66. The van der Waals surface area contributed by atoms with Gasteiger partial charge in [0.05, 0.1) is 5.69 Å². The standard InChI is InChI=1S/C19H33N3/c1-4-6-7-18(5-2)16-22(19-8-12-20-13-9-19)21-14-10-17(3)11-15-21/h8-9,12-13,17-18H,4-7,10-11,14-16H2,1-3H3. The molecule has 0 aromatic carbocycles. The number of anilines is 1. The predicted octanol–water partition coefficient (Wildman–Crippen LogP) is 4.75. The predicted molar refractivity (Wildman–Crippen MR) is 94.9 cm³/mol. The summed E-state index contributed by atoms with van der Waals surface area (Å²) in [6.45, 7) is 10.5. The van der Waals surface area contributed by atoms with Gasteiger partial charge in [-0.25, -0.2) is 5.01 Å². The van der Waals surface area contributed by atoms with Crippen LogP contribution < -0.4 is 5.01 Å². The third-order valence-corrected chi connectivity index (χ3v) is 5.04. The van der Waals surface area contributed by atoms with Gasteiger partial charge in [-0.1, -0.05) is 40.0 Å². The summed E-state index contributed by atoms with van der Waals surface area (Å²) in [6.07, 6.45) is 11.7. The molecule has 0 radical (unpaired) electrons. The van der Waals surface area contributed by atoms with E-state index in [9.17, 15) is 0 Å². The van der Waals surface area contributed by atoms with Crippen molar-refractivity contribution in [2.45, 2.75) is 59.3 Å². The molecule has 124 valence electrons. The zero-order valence-corrected chi connectivity index (χ0v) is 14.7. The highest BCUT2D eigenvalue weighted by Crippen LogP contribution is 2.25. The van der Waals surface area contributed by atoms with Gasteiger partial charge in [-0.2, -0.15) is 0 Å². The van der Waals surface area contributed by atoms with E-state index in [2.05, 4.69) is 47.9 Å². The maximum absolute atomic E-state index is 4.19. The average molecular weight is 303 g/mol. The first kappa shape index (κ1) is 17.3. The molecule has 3 nitrogen and oxygen atoms in total. The fraction of sp³-hybridized carbons (Fsp3) is 0.737. The maximum atomic E-state index is 4.19. The van der Waals surface area contributed by atoms with Gasteiger partial charge in [-0.15, -0.1) is 0 Å². The van der Waals surface area contributed by atoms with Crippen molar-refractivity contribution in [2.75, 3.05) is 24.6 Å². The summed E-state index contributed by atoms with van der Waals surface area (Å²) in [7, 11) is 0. The van der Waals surface area contributed by atoms with Crippen LogP contribution in [0.1, 0.15) is 59.3 Å². The van der Waals surface area contributed by atoms with E-state index in [0.717, 1.165) is 18.4 Å². The zero-order chi connectivity index (χ0) is 15.8. The zero-order valence-electron chi connectivity index (χ0n) is 14.7. The van der Waals surface area contributed by atoms with Gasteiger partial charge in [0.1, 0.15) is 0 Å². The first-order chi connectivity index (χ1) is 10.7. The van der Waals surface area contributed by atoms with E-state index >= 15 is 0 Å². The molecule has 1 fully saturated rings. The van der Waals surface area contributed by atoms with Crippen molar-refractivity contribution < 1.29 is 0 Å². The minimum Gasteiger partial charge on any atom is -0.305 e. The number of nitrogens with zero attached hydrogens (tertiary/aromatic N) is 3. The third-order valence-electron chi connectivity index (χ3n) is 5.04. The average Bonchev–Trinajstić information content (AvgIpc) is 2.57. The Morgan fingerprint density at radius 1 is 1.23 bits per heavy atom. The molecule has 1 aliphatic rings. The van der Waals surface area contributed by atoms with Crippen molar-refractivity contribution in [3.63, 3.8) is 0 Å².